The molecule has 2 amide bonds. The first kappa shape index (κ1) is 10.2. The summed E-state index contributed by atoms with van der Waals surface area (Å²) in [5.74, 6) is -1.07. The SMILES string of the molecule is NC(=O)CC(=O)Nc1ccc2[nH]ncc2c1. The molecule has 0 unspecified atom stereocenters. The molecule has 0 radical (unpaired) electrons. The summed E-state index contributed by atoms with van der Waals surface area (Å²) in [6.07, 6.45) is 1.34. The highest BCUT2D eigenvalue weighted by molar-refractivity contribution is 6.03. The number of nitrogens with two attached hydrogens (primary N) is 1. The second kappa shape index (κ2) is 4.01. The first-order valence-corrected chi connectivity index (χ1v) is 4.66. The Morgan fingerprint density at radius 1 is 1.44 bits per heavy atom. The van der Waals surface area contributed by atoms with E-state index < -0.39 is 11.8 Å². The summed E-state index contributed by atoms with van der Waals surface area (Å²) in [5.41, 5.74) is 6.40. The lowest BCUT2D eigenvalue weighted by Crippen LogP contribution is -2.21. The molecule has 6 heteroatoms. The van der Waals surface area contributed by atoms with Crippen molar-refractivity contribution in [1.82, 2.24) is 10.2 Å². The smallest absolute Gasteiger partial charge is 0.233 e. The molecular weight excluding hydrogens is 208 g/mol. The standard InChI is InChI=1S/C10H10N4O2/c11-9(15)4-10(16)13-7-1-2-8-6(3-7)5-12-14-8/h1-3,5H,4H2,(H2,11,15)(H,12,14)(H,13,16). The summed E-state index contributed by atoms with van der Waals surface area (Å²) in [7, 11) is 0. The third-order valence-corrected chi connectivity index (χ3v) is 2.06. The van der Waals surface area contributed by atoms with E-state index in [0.717, 1.165) is 10.9 Å². The molecule has 1 aromatic heterocycles. The van der Waals surface area contributed by atoms with Crippen LogP contribution < -0.4 is 11.1 Å². The van der Waals surface area contributed by atoms with Crippen molar-refractivity contribution in [3.63, 3.8) is 0 Å². The van der Waals surface area contributed by atoms with Crippen LogP contribution in [-0.4, -0.2) is 22.0 Å². The number of hydrogen-bond acceptors (Lipinski definition) is 3. The van der Waals surface area contributed by atoms with Gasteiger partial charge in [0.1, 0.15) is 6.42 Å². The number of benzene rings is 1. The highest BCUT2D eigenvalue weighted by Crippen LogP contribution is 2.16. The fraction of sp³-hybridized carbons (Fsp3) is 0.100. The summed E-state index contributed by atoms with van der Waals surface area (Å²) >= 11 is 0. The lowest BCUT2D eigenvalue weighted by molar-refractivity contribution is -0.124. The van der Waals surface area contributed by atoms with Crippen molar-refractivity contribution in [3.05, 3.63) is 24.4 Å². The number of primary amides is 1. The van der Waals surface area contributed by atoms with Gasteiger partial charge in [-0.15, -0.1) is 0 Å². The van der Waals surface area contributed by atoms with Crippen molar-refractivity contribution in [1.29, 1.82) is 0 Å². The fourth-order valence-electron chi connectivity index (χ4n) is 1.38. The minimum Gasteiger partial charge on any atom is -0.369 e. The Kier molecular flexibility index (Phi) is 2.55. The molecule has 16 heavy (non-hydrogen) atoms. The Bertz CT molecular complexity index is 546. The van der Waals surface area contributed by atoms with Crippen molar-refractivity contribution in [2.75, 3.05) is 5.32 Å². The fourth-order valence-corrected chi connectivity index (χ4v) is 1.38. The Labute approximate surface area is 90.8 Å². The molecule has 0 fully saturated rings. The van der Waals surface area contributed by atoms with Crippen LogP contribution in [0, 0.1) is 0 Å². The molecule has 6 nitrogen and oxygen atoms in total. The molecule has 0 saturated heterocycles. The Morgan fingerprint density at radius 3 is 3.00 bits per heavy atom. The molecule has 82 valence electrons. The Balaban J connectivity index is 2.14. The number of nitrogens with zero attached hydrogens (tertiary/aromatic N) is 1. The Morgan fingerprint density at radius 2 is 2.25 bits per heavy atom. The third kappa shape index (κ3) is 2.17. The molecule has 2 aromatic rings. The number of rotatable bonds is 3. The maximum Gasteiger partial charge on any atom is 0.233 e. The average molecular weight is 218 g/mol. The van der Waals surface area contributed by atoms with Crippen LogP contribution in [0.25, 0.3) is 10.9 Å². The number of amides is 2. The summed E-state index contributed by atoms with van der Waals surface area (Å²) in [6, 6.07) is 5.28. The van der Waals surface area contributed by atoms with Crippen molar-refractivity contribution in [2.45, 2.75) is 6.42 Å². The van der Waals surface area contributed by atoms with E-state index in [0.29, 0.717) is 5.69 Å². The van der Waals surface area contributed by atoms with E-state index >= 15 is 0 Å². The minimum absolute atomic E-state index is 0.316. The first-order valence-electron chi connectivity index (χ1n) is 4.66. The summed E-state index contributed by atoms with van der Waals surface area (Å²) in [6.45, 7) is 0. The van der Waals surface area contributed by atoms with Crippen LogP contribution in [0.3, 0.4) is 0 Å². The van der Waals surface area contributed by atoms with Crippen LogP contribution in [0.4, 0.5) is 5.69 Å². The molecule has 0 bridgehead atoms. The summed E-state index contributed by atoms with van der Waals surface area (Å²) < 4.78 is 0. The molecule has 0 aliphatic rings. The normalized spacial score (nSPS) is 10.2. The number of carbonyl (C=O) groups excluding carboxylic acids is 2. The van der Waals surface area contributed by atoms with Gasteiger partial charge in [-0.25, -0.2) is 0 Å². The van der Waals surface area contributed by atoms with Gasteiger partial charge in [0, 0.05) is 11.1 Å². The van der Waals surface area contributed by atoms with Crippen molar-refractivity contribution in [2.24, 2.45) is 5.73 Å². The van der Waals surface area contributed by atoms with Gasteiger partial charge in [-0.2, -0.15) is 5.10 Å². The van der Waals surface area contributed by atoms with Crippen LogP contribution in [-0.2, 0) is 9.59 Å². The molecule has 1 heterocycles. The second-order valence-electron chi connectivity index (χ2n) is 3.36. The number of nitrogens with one attached hydrogen (secondary N) is 2. The predicted molar refractivity (Wildman–Crippen MR) is 58.5 cm³/mol. The van der Waals surface area contributed by atoms with Crippen molar-refractivity contribution >= 4 is 28.4 Å². The quantitative estimate of drug-likeness (QED) is 0.649. The maximum atomic E-state index is 11.3. The van der Waals surface area contributed by atoms with Crippen LogP contribution in [0.15, 0.2) is 24.4 Å². The van der Waals surface area contributed by atoms with Gasteiger partial charge in [0.2, 0.25) is 11.8 Å². The van der Waals surface area contributed by atoms with E-state index in [1.165, 1.54) is 0 Å². The lowest BCUT2D eigenvalue weighted by atomic mass is 10.2. The molecule has 0 atom stereocenters. The molecule has 0 aliphatic heterocycles. The van der Waals surface area contributed by atoms with Gasteiger partial charge in [0.05, 0.1) is 11.7 Å². The van der Waals surface area contributed by atoms with E-state index in [9.17, 15) is 9.59 Å². The largest absolute Gasteiger partial charge is 0.369 e. The number of hydrogen-bond donors (Lipinski definition) is 3. The van der Waals surface area contributed by atoms with Gasteiger partial charge in [-0.05, 0) is 18.2 Å². The topological polar surface area (TPSA) is 101 Å². The van der Waals surface area contributed by atoms with Crippen molar-refractivity contribution in [3.8, 4) is 0 Å². The first-order chi connectivity index (χ1) is 7.65. The molecule has 2 rings (SSSR count). The number of aromatic amines is 1. The number of carbonyl (C=O) groups is 2. The second-order valence-corrected chi connectivity index (χ2v) is 3.36. The molecule has 0 aliphatic carbocycles. The van der Waals surface area contributed by atoms with Gasteiger partial charge < -0.3 is 11.1 Å². The molecule has 0 spiro atoms. The third-order valence-electron chi connectivity index (χ3n) is 2.06. The van der Waals surface area contributed by atoms with E-state index in [1.807, 2.05) is 0 Å². The highest BCUT2D eigenvalue weighted by Gasteiger charge is 2.06. The van der Waals surface area contributed by atoms with E-state index in [1.54, 1.807) is 24.4 Å². The van der Waals surface area contributed by atoms with Crippen LogP contribution in [0.1, 0.15) is 6.42 Å². The average Bonchev–Trinajstić information content (AvgIpc) is 2.63. The zero-order chi connectivity index (χ0) is 11.5. The van der Waals surface area contributed by atoms with E-state index in [-0.39, 0.29) is 6.42 Å². The van der Waals surface area contributed by atoms with Gasteiger partial charge >= 0.3 is 0 Å². The number of aromatic nitrogens is 2. The molecule has 1 aromatic carbocycles. The number of fused-ring (bicyclic) bond motifs is 1. The predicted octanol–water partition coefficient (Wildman–Crippen LogP) is 0.377. The summed E-state index contributed by atoms with van der Waals surface area (Å²) in [4.78, 5) is 21.8. The van der Waals surface area contributed by atoms with Crippen molar-refractivity contribution < 1.29 is 9.59 Å². The van der Waals surface area contributed by atoms with E-state index in [4.69, 9.17) is 5.73 Å². The molecular formula is C10H10N4O2. The van der Waals surface area contributed by atoms with Crippen LogP contribution in [0.2, 0.25) is 0 Å². The van der Waals surface area contributed by atoms with Gasteiger partial charge in [-0.3, -0.25) is 14.7 Å². The maximum absolute atomic E-state index is 11.3. The Hall–Kier alpha value is -2.37. The van der Waals surface area contributed by atoms with Gasteiger partial charge in [-0.1, -0.05) is 0 Å². The monoisotopic (exact) mass is 218 g/mol. The minimum atomic E-state index is -0.651. The number of H-pyrrole nitrogens is 1. The zero-order valence-electron chi connectivity index (χ0n) is 8.36. The molecule has 0 saturated carbocycles. The van der Waals surface area contributed by atoms with Gasteiger partial charge in [0.25, 0.3) is 0 Å². The zero-order valence-corrected chi connectivity index (χ0v) is 8.36. The highest BCUT2D eigenvalue weighted by atomic mass is 16.2. The van der Waals surface area contributed by atoms with E-state index in [2.05, 4.69) is 15.5 Å². The van der Waals surface area contributed by atoms with Crippen LogP contribution in [0.5, 0.6) is 0 Å². The lowest BCUT2D eigenvalue weighted by Gasteiger charge is -2.03. The summed E-state index contributed by atoms with van der Waals surface area (Å²) in [5, 5.41) is 10.1. The number of anilines is 1. The van der Waals surface area contributed by atoms with Gasteiger partial charge in [0.15, 0.2) is 0 Å². The van der Waals surface area contributed by atoms with Crippen LogP contribution >= 0.6 is 0 Å². The molecule has 4 N–H and O–H groups in total.